The lowest BCUT2D eigenvalue weighted by Crippen LogP contribution is -2.06. The molecule has 0 unspecified atom stereocenters. The monoisotopic (exact) mass is 349 g/mol. The van der Waals surface area contributed by atoms with Crippen LogP contribution >= 0.6 is 15.9 Å². The number of amides is 1. The van der Waals surface area contributed by atoms with E-state index in [0.29, 0.717) is 21.7 Å². The molecule has 0 bridgehead atoms. The summed E-state index contributed by atoms with van der Waals surface area (Å²) >= 11 is 3.27. The van der Waals surface area contributed by atoms with E-state index in [2.05, 4.69) is 21.2 Å². The maximum atomic E-state index is 11.2. The molecule has 0 aliphatic rings. The highest BCUT2D eigenvalue weighted by Crippen LogP contribution is 2.34. The van der Waals surface area contributed by atoms with Crippen LogP contribution in [0.2, 0.25) is 0 Å². The van der Waals surface area contributed by atoms with Gasteiger partial charge in [0.05, 0.1) is 15.7 Å². The van der Waals surface area contributed by atoms with Gasteiger partial charge >= 0.3 is 5.97 Å². The number of anilines is 1. The smallest absolute Gasteiger partial charge is 0.335 e. The van der Waals surface area contributed by atoms with E-state index in [9.17, 15) is 9.59 Å². The van der Waals surface area contributed by atoms with E-state index in [1.54, 1.807) is 30.3 Å². The molecule has 2 aromatic rings. The number of halogens is 1. The van der Waals surface area contributed by atoms with Crippen molar-refractivity contribution in [2.75, 3.05) is 5.32 Å². The van der Waals surface area contributed by atoms with Crippen molar-refractivity contribution in [3.05, 3.63) is 52.5 Å². The zero-order valence-electron chi connectivity index (χ0n) is 11.1. The lowest BCUT2D eigenvalue weighted by atomic mass is 10.2. The fraction of sp³-hybridized carbons (Fsp3) is 0.0667. The molecule has 0 aliphatic heterocycles. The molecule has 21 heavy (non-hydrogen) atoms. The first kappa shape index (κ1) is 15.1. The Kier molecular flexibility index (Phi) is 4.59. The first-order chi connectivity index (χ1) is 9.97. The number of carboxylic acid groups (broad SMARTS) is 1. The third kappa shape index (κ3) is 3.82. The molecule has 1 amide bonds. The van der Waals surface area contributed by atoms with Crippen molar-refractivity contribution in [2.45, 2.75) is 6.92 Å². The summed E-state index contributed by atoms with van der Waals surface area (Å²) in [6.45, 7) is 1.41. The second-order valence-corrected chi connectivity index (χ2v) is 5.08. The van der Waals surface area contributed by atoms with Crippen LogP contribution in [0, 0.1) is 0 Å². The van der Waals surface area contributed by atoms with Crippen LogP contribution in [0.3, 0.4) is 0 Å². The van der Waals surface area contributed by atoms with Crippen molar-refractivity contribution in [3.63, 3.8) is 0 Å². The van der Waals surface area contributed by atoms with Crippen LogP contribution in [-0.4, -0.2) is 17.0 Å². The van der Waals surface area contributed by atoms with Crippen molar-refractivity contribution in [1.29, 1.82) is 0 Å². The average Bonchev–Trinajstić information content (AvgIpc) is 2.42. The standard InChI is InChI=1S/C15H12BrNO4/c1-9(18)17-12-4-2-3-5-14(12)21-13-7-6-10(15(19)20)8-11(13)16/h2-8H,1H3,(H,17,18)(H,19,20). The van der Waals surface area contributed by atoms with Gasteiger partial charge in [-0.25, -0.2) is 4.79 Å². The highest BCUT2D eigenvalue weighted by atomic mass is 79.9. The first-order valence-electron chi connectivity index (χ1n) is 6.04. The van der Waals surface area contributed by atoms with Gasteiger partial charge in [-0.1, -0.05) is 12.1 Å². The number of carbonyl (C=O) groups excluding carboxylic acids is 1. The number of para-hydroxylation sites is 2. The molecule has 0 saturated carbocycles. The average molecular weight is 350 g/mol. The van der Waals surface area contributed by atoms with Gasteiger partial charge < -0.3 is 15.2 Å². The topological polar surface area (TPSA) is 75.6 Å². The number of carboxylic acids is 1. The van der Waals surface area contributed by atoms with E-state index in [4.69, 9.17) is 9.84 Å². The number of ether oxygens (including phenoxy) is 1. The van der Waals surface area contributed by atoms with Crippen LogP contribution < -0.4 is 10.1 Å². The Balaban J connectivity index is 2.30. The molecule has 0 aliphatic carbocycles. The van der Waals surface area contributed by atoms with Crippen molar-refractivity contribution in [1.82, 2.24) is 0 Å². The van der Waals surface area contributed by atoms with Gasteiger partial charge in [0.2, 0.25) is 5.91 Å². The molecule has 2 aromatic carbocycles. The Hall–Kier alpha value is -2.34. The molecule has 0 radical (unpaired) electrons. The molecule has 5 nitrogen and oxygen atoms in total. The number of aromatic carboxylic acids is 1. The molecular weight excluding hydrogens is 338 g/mol. The SMILES string of the molecule is CC(=O)Nc1ccccc1Oc1ccc(C(=O)O)cc1Br. The first-order valence-corrected chi connectivity index (χ1v) is 6.84. The van der Waals surface area contributed by atoms with Crippen molar-refractivity contribution in [3.8, 4) is 11.5 Å². The highest BCUT2D eigenvalue weighted by Gasteiger charge is 2.11. The van der Waals surface area contributed by atoms with E-state index < -0.39 is 5.97 Å². The Morgan fingerprint density at radius 1 is 1.14 bits per heavy atom. The van der Waals surface area contributed by atoms with Crippen LogP contribution in [0.4, 0.5) is 5.69 Å². The summed E-state index contributed by atoms with van der Waals surface area (Å²) in [7, 11) is 0. The molecule has 2 N–H and O–H groups in total. The normalized spacial score (nSPS) is 10.0. The van der Waals surface area contributed by atoms with Gasteiger partial charge in [0.25, 0.3) is 0 Å². The lowest BCUT2D eigenvalue weighted by molar-refractivity contribution is -0.114. The molecule has 0 spiro atoms. The predicted molar refractivity (Wildman–Crippen MR) is 81.9 cm³/mol. The summed E-state index contributed by atoms with van der Waals surface area (Å²) in [6.07, 6.45) is 0. The van der Waals surface area contributed by atoms with Crippen molar-refractivity contribution < 1.29 is 19.4 Å². The van der Waals surface area contributed by atoms with Gasteiger partial charge in [0, 0.05) is 6.92 Å². The molecule has 6 heteroatoms. The Bertz CT molecular complexity index is 700. The quantitative estimate of drug-likeness (QED) is 0.877. The summed E-state index contributed by atoms with van der Waals surface area (Å²) in [4.78, 5) is 22.1. The minimum Gasteiger partial charge on any atom is -0.478 e. The Morgan fingerprint density at radius 3 is 2.48 bits per heavy atom. The van der Waals surface area contributed by atoms with Gasteiger partial charge in [0.1, 0.15) is 5.75 Å². The second kappa shape index (κ2) is 6.41. The highest BCUT2D eigenvalue weighted by molar-refractivity contribution is 9.10. The van der Waals surface area contributed by atoms with Crippen molar-refractivity contribution in [2.24, 2.45) is 0 Å². The molecule has 0 fully saturated rings. The summed E-state index contributed by atoms with van der Waals surface area (Å²) in [5, 5.41) is 11.6. The number of hydrogen-bond donors (Lipinski definition) is 2. The fourth-order valence-electron chi connectivity index (χ4n) is 1.68. The van der Waals surface area contributed by atoms with Gasteiger partial charge in [0.15, 0.2) is 5.75 Å². The minimum atomic E-state index is -1.01. The number of nitrogens with one attached hydrogen (secondary N) is 1. The third-order valence-electron chi connectivity index (χ3n) is 2.60. The molecule has 0 saturated heterocycles. The molecule has 0 aromatic heterocycles. The van der Waals surface area contributed by atoms with Crippen LogP contribution in [-0.2, 0) is 4.79 Å². The number of rotatable bonds is 4. The predicted octanol–water partition coefficient (Wildman–Crippen LogP) is 3.90. The second-order valence-electron chi connectivity index (χ2n) is 4.23. The number of benzene rings is 2. The summed E-state index contributed by atoms with van der Waals surface area (Å²) in [5.74, 6) is -0.290. The summed E-state index contributed by atoms with van der Waals surface area (Å²) in [5.41, 5.74) is 0.698. The molecule has 2 rings (SSSR count). The summed E-state index contributed by atoms with van der Waals surface area (Å²) in [6, 6.07) is 11.4. The molecular formula is C15H12BrNO4. The number of hydrogen-bond acceptors (Lipinski definition) is 3. The Labute approximate surface area is 129 Å². The molecule has 108 valence electrons. The molecule has 0 heterocycles. The van der Waals surface area contributed by atoms with Gasteiger partial charge in [-0.3, -0.25) is 4.79 Å². The van der Waals surface area contributed by atoms with Crippen LogP contribution in [0.15, 0.2) is 46.9 Å². The fourth-order valence-corrected chi connectivity index (χ4v) is 2.14. The zero-order chi connectivity index (χ0) is 15.4. The van der Waals surface area contributed by atoms with Gasteiger partial charge in [-0.05, 0) is 46.3 Å². The van der Waals surface area contributed by atoms with E-state index in [1.165, 1.54) is 19.1 Å². The largest absolute Gasteiger partial charge is 0.478 e. The maximum Gasteiger partial charge on any atom is 0.335 e. The van der Waals surface area contributed by atoms with E-state index in [1.807, 2.05) is 0 Å². The van der Waals surface area contributed by atoms with Crippen LogP contribution in [0.1, 0.15) is 17.3 Å². The van der Waals surface area contributed by atoms with Gasteiger partial charge in [-0.15, -0.1) is 0 Å². The maximum absolute atomic E-state index is 11.2. The van der Waals surface area contributed by atoms with Crippen molar-refractivity contribution >= 4 is 33.5 Å². The molecule has 0 atom stereocenters. The Morgan fingerprint density at radius 2 is 1.86 bits per heavy atom. The third-order valence-corrected chi connectivity index (χ3v) is 3.22. The minimum absolute atomic E-state index is 0.157. The van der Waals surface area contributed by atoms with Crippen LogP contribution in [0.25, 0.3) is 0 Å². The zero-order valence-corrected chi connectivity index (χ0v) is 12.7. The summed E-state index contributed by atoms with van der Waals surface area (Å²) < 4.78 is 6.24. The van der Waals surface area contributed by atoms with E-state index in [-0.39, 0.29) is 11.5 Å². The van der Waals surface area contributed by atoms with E-state index >= 15 is 0 Å². The van der Waals surface area contributed by atoms with Crippen LogP contribution in [0.5, 0.6) is 11.5 Å². The lowest BCUT2D eigenvalue weighted by Gasteiger charge is -2.12. The number of carbonyl (C=O) groups is 2. The van der Waals surface area contributed by atoms with Gasteiger partial charge in [-0.2, -0.15) is 0 Å². The van der Waals surface area contributed by atoms with E-state index in [0.717, 1.165) is 0 Å².